The molecule has 3 rings (SSSR count). The number of aryl methyl sites for hydroxylation is 1. The Kier molecular flexibility index (Phi) is 2.76. The van der Waals surface area contributed by atoms with Crippen LogP contribution in [0.15, 0.2) is 12.3 Å². The Morgan fingerprint density at radius 1 is 1.39 bits per heavy atom. The molecule has 0 spiro atoms. The van der Waals surface area contributed by atoms with Gasteiger partial charge in [0.1, 0.15) is 11.6 Å². The Hall–Kier alpha value is -1.53. The van der Waals surface area contributed by atoms with Crippen LogP contribution in [0.5, 0.6) is 0 Å². The molecule has 2 N–H and O–H groups in total. The van der Waals surface area contributed by atoms with Crippen molar-refractivity contribution < 1.29 is 0 Å². The number of hydrogen-bond donors (Lipinski definition) is 1. The highest BCUT2D eigenvalue weighted by Crippen LogP contribution is 2.24. The van der Waals surface area contributed by atoms with Crippen LogP contribution in [-0.2, 0) is 0 Å². The van der Waals surface area contributed by atoms with E-state index in [0.29, 0.717) is 5.92 Å². The highest BCUT2D eigenvalue weighted by Gasteiger charge is 2.27. The van der Waals surface area contributed by atoms with Crippen LogP contribution < -0.4 is 5.73 Å². The molecule has 0 aliphatic carbocycles. The second kappa shape index (κ2) is 4.29. The maximum Gasteiger partial charge on any atom is 0.159 e. The van der Waals surface area contributed by atoms with Crippen molar-refractivity contribution in [3.63, 3.8) is 0 Å². The number of rotatable bonds is 1. The van der Waals surface area contributed by atoms with Gasteiger partial charge in [-0.3, -0.25) is 0 Å². The van der Waals surface area contributed by atoms with E-state index in [-0.39, 0.29) is 6.04 Å². The summed E-state index contributed by atoms with van der Waals surface area (Å²) in [4.78, 5) is 11.1. The van der Waals surface area contributed by atoms with Crippen molar-refractivity contribution in [3.05, 3.63) is 23.9 Å². The van der Waals surface area contributed by atoms with Gasteiger partial charge in [-0.05, 0) is 20.4 Å². The largest absolute Gasteiger partial charge is 0.327 e. The lowest BCUT2D eigenvalue weighted by Crippen LogP contribution is -2.44. The summed E-state index contributed by atoms with van der Waals surface area (Å²) in [6, 6.07) is 2.09. The molecule has 6 heteroatoms. The van der Waals surface area contributed by atoms with E-state index in [0.717, 1.165) is 36.8 Å². The molecule has 2 unspecified atom stereocenters. The van der Waals surface area contributed by atoms with E-state index in [2.05, 4.69) is 27.0 Å². The average molecular weight is 246 g/mol. The average Bonchev–Trinajstić information content (AvgIpc) is 2.67. The number of nitrogens with two attached hydrogens (primary N) is 1. The van der Waals surface area contributed by atoms with Crippen LogP contribution in [0.3, 0.4) is 0 Å². The normalized spacial score (nSPS) is 25.7. The van der Waals surface area contributed by atoms with Crippen molar-refractivity contribution in [2.24, 2.45) is 5.73 Å². The molecule has 2 aromatic rings. The maximum atomic E-state index is 6.09. The smallest absolute Gasteiger partial charge is 0.159 e. The fourth-order valence-electron chi connectivity index (χ4n) is 2.77. The number of piperidine rings is 1. The molecule has 0 saturated carbocycles. The zero-order valence-electron chi connectivity index (χ0n) is 10.7. The molecule has 0 radical (unpaired) electrons. The molecule has 96 valence electrons. The molecule has 1 aliphatic heterocycles. The summed E-state index contributed by atoms with van der Waals surface area (Å²) in [5.41, 5.74) is 6.95. The van der Waals surface area contributed by atoms with Crippen LogP contribution in [0.4, 0.5) is 0 Å². The SMILES string of the molecule is Cc1nc2ccnc(C3CC(N)CN(C)C3)n2n1. The molecule has 6 nitrogen and oxygen atoms in total. The summed E-state index contributed by atoms with van der Waals surface area (Å²) in [5, 5.41) is 4.42. The standard InChI is InChI=1S/C12H18N6/c1-8-15-11-3-4-14-12(18(11)16-8)9-5-10(13)7-17(2)6-9/h3-4,9-10H,5-7,13H2,1-2H3. The minimum atomic E-state index is 0.204. The van der Waals surface area contributed by atoms with Gasteiger partial charge in [-0.2, -0.15) is 4.52 Å². The van der Waals surface area contributed by atoms with Gasteiger partial charge in [0, 0.05) is 37.3 Å². The first-order valence-electron chi connectivity index (χ1n) is 6.26. The van der Waals surface area contributed by atoms with Gasteiger partial charge in [0.05, 0.1) is 0 Å². The van der Waals surface area contributed by atoms with E-state index in [9.17, 15) is 0 Å². The van der Waals surface area contributed by atoms with Crippen molar-refractivity contribution in [2.75, 3.05) is 20.1 Å². The summed E-state index contributed by atoms with van der Waals surface area (Å²) < 4.78 is 1.85. The topological polar surface area (TPSA) is 72.3 Å². The van der Waals surface area contributed by atoms with Crippen molar-refractivity contribution in [1.29, 1.82) is 0 Å². The van der Waals surface area contributed by atoms with Crippen molar-refractivity contribution >= 4 is 5.65 Å². The third kappa shape index (κ3) is 1.97. The Bertz CT molecular complexity index is 553. The summed E-state index contributed by atoms with van der Waals surface area (Å²) in [5.74, 6) is 2.07. The fourth-order valence-corrected chi connectivity index (χ4v) is 2.77. The van der Waals surface area contributed by atoms with Crippen molar-refractivity contribution in [3.8, 4) is 0 Å². The van der Waals surface area contributed by atoms with Crippen LogP contribution in [0.25, 0.3) is 5.65 Å². The second-order valence-corrected chi connectivity index (χ2v) is 5.15. The first-order chi connectivity index (χ1) is 8.63. The van der Waals surface area contributed by atoms with E-state index < -0.39 is 0 Å². The molecule has 0 amide bonds. The predicted molar refractivity (Wildman–Crippen MR) is 68.3 cm³/mol. The Morgan fingerprint density at radius 2 is 2.22 bits per heavy atom. The first-order valence-corrected chi connectivity index (χ1v) is 6.26. The number of aromatic nitrogens is 4. The number of nitrogens with zero attached hydrogens (tertiary/aromatic N) is 5. The Labute approximate surface area is 106 Å². The fraction of sp³-hybridized carbons (Fsp3) is 0.583. The predicted octanol–water partition coefficient (Wildman–Crippen LogP) is 0.179. The lowest BCUT2D eigenvalue weighted by Gasteiger charge is -2.33. The molecule has 0 aromatic carbocycles. The van der Waals surface area contributed by atoms with E-state index in [1.54, 1.807) is 6.20 Å². The quantitative estimate of drug-likeness (QED) is 0.777. The lowest BCUT2D eigenvalue weighted by molar-refractivity contribution is 0.221. The molecular weight excluding hydrogens is 228 g/mol. The minimum absolute atomic E-state index is 0.204. The van der Waals surface area contributed by atoms with E-state index in [1.165, 1.54) is 0 Å². The minimum Gasteiger partial charge on any atom is -0.327 e. The molecule has 18 heavy (non-hydrogen) atoms. The van der Waals surface area contributed by atoms with Crippen LogP contribution in [0.1, 0.15) is 24.0 Å². The van der Waals surface area contributed by atoms with Gasteiger partial charge >= 0.3 is 0 Å². The van der Waals surface area contributed by atoms with Gasteiger partial charge in [-0.25, -0.2) is 9.97 Å². The zero-order valence-corrected chi connectivity index (χ0v) is 10.7. The van der Waals surface area contributed by atoms with E-state index in [1.807, 2.05) is 17.5 Å². The van der Waals surface area contributed by atoms with E-state index in [4.69, 9.17) is 5.73 Å². The lowest BCUT2D eigenvalue weighted by atomic mass is 9.94. The van der Waals surface area contributed by atoms with Gasteiger partial charge in [0.15, 0.2) is 5.65 Å². The third-order valence-corrected chi connectivity index (χ3v) is 3.42. The van der Waals surface area contributed by atoms with Crippen LogP contribution >= 0.6 is 0 Å². The number of fused-ring (bicyclic) bond motifs is 1. The van der Waals surface area contributed by atoms with Crippen LogP contribution in [-0.4, -0.2) is 50.7 Å². The number of likely N-dealkylation sites (tertiary alicyclic amines) is 1. The maximum absolute atomic E-state index is 6.09. The Morgan fingerprint density at radius 3 is 3.00 bits per heavy atom. The zero-order chi connectivity index (χ0) is 12.7. The highest BCUT2D eigenvalue weighted by molar-refractivity contribution is 5.36. The van der Waals surface area contributed by atoms with Crippen molar-refractivity contribution in [1.82, 2.24) is 24.5 Å². The molecule has 1 fully saturated rings. The van der Waals surface area contributed by atoms with Gasteiger partial charge in [-0.1, -0.05) is 0 Å². The molecule has 2 atom stereocenters. The van der Waals surface area contributed by atoms with E-state index >= 15 is 0 Å². The number of hydrogen-bond acceptors (Lipinski definition) is 5. The number of likely N-dealkylation sites (N-methyl/N-ethyl adjacent to an activating group) is 1. The van der Waals surface area contributed by atoms with Gasteiger partial charge in [0.25, 0.3) is 0 Å². The molecule has 1 aliphatic rings. The molecule has 1 saturated heterocycles. The summed E-state index contributed by atoms with van der Waals surface area (Å²) >= 11 is 0. The summed E-state index contributed by atoms with van der Waals surface area (Å²) in [7, 11) is 2.10. The summed E-state index contributed by atoms with van der Waals surface area (Å²) in [6.45, 7) is 3.82. The third-order valence-electron chi connectivity index (χ3n) is 3.42. The molecule has 0 bridgehead atoms. The van der Waals surface area contributed by atoms with Crippen LogP contribution in [0.2, 0.25) is 0 Å². The molecular formula is C12H18N6. The Balaban J connectivity index is 2.02. The summed E-state index contributed by atoms with van der Waals surface area (Å²) in [6.07, 6.45) is 2.76. The molecule has 2 aromatic heterocycles. The highest BCUT2D eigenvalue weighted by atomic mass is 15.3. The molecule has 3 heterocycles. The second-order valence-electron chi connectivity index (χ2n) is 5.15. The van der Waals surface area contributed by atoms with Gasteiger partial charge in [0.2, 0.25) is 0 Å². The van der Waals surface area contributed by atoms with Gasteiger partial charge in [-0.15, -0.1) is 5.10 Å². The first kappa shape index (κ1) is 11.6. The van der Waals surface area contributed by atoms with Crippen LogP contribution in [0, 0.1) is 6.92 Å². The van der Waals surface area contributed by atoms with Crippen molar-refractivity contribution in [2.45, 2.75) is 25.3 Å². The van der Waals surface area contributed by atoms with Gasteiger partial charge < -0.3 is 10.6 Å². The monoisotopic (exact) mass is 246 g/mol.